The van der Waals surface area contributed by atoms with Crippen molar-refractivity contribution in [2.75, 3.05) is 13.7 Å². The van der Waals surface area contributed by atoms with E-state index in [-0.39, 0.29) is 5.54 Å². The summed E-state index contributed by atoms with van der Waals surface area (Å²) in [6.07, 6.45) is 0. The molecular weight excluding hydrogens is 114 g/mol. The molecule has 1 unspecified atom stereocenters. The highest BCUT2D eigenvalue weighted by atomic mass is 16.5. The molecule has 1 atom stereocenters. The lowest BCUT2D eigenvalue weighted by Gasteiger charge is -2.26. The molecule has 0 rings (SSSR count). The highest BCUT2D eigenvalue weighted by Gasteiger charge is 2.19. The van der Waals surface area contributed by atoms with Crippen LogP contribution in [0.4, 0.5) is 0 Å². The highest BCUT2D eigenvalue weighted by Crippen LogP contribution is 2.11. The third-order valence-corrected chi connectivity index (χ3v) is 1.69. The fourth-order valence-corrected chi connectivity index (χ4v) is 0.465. The van der Waals surface area contributed by atoms with E-state index in [4.69, 9.17) is 10.5 Å². The lowest BCUT2D eigenvalue weighted by atomic mass is 9.91. The van der Waals surface area contributed by atoms with Crippen LogP contribution in [0, 0.1) is 5.92 Å². The van der Waals surface area contributed by atoms with E-state index in [0.717, 1.165) is 6.61 Å². The molecule has 0 aromatic heterocycles. The minimum Gasteiger partial charge on any atom is -0.384 e. The minimum absolute atomic E-state index is 0.115. The molecule has 0 saturated carbocycles. The highest BCUT2D eigenvalue weighted by molar-refractivity contribution is 4.78. The van der Waals surface area contributed by atoms with Crippen molar-refractivity contribution < 1.29 is 4.74 Å². The van der Waals surface area contributed by atoms with Crippen LogP contribution in [-0.4, -0.2) is 19.3 Å². The van der Waals surface area contributed by atoms with Gasteiger partial charge in [0.2, 0.25) is 0 Å². The number of hydrogen-bond donors (Lipinski definition) is 1. The smallest absolute Gasteiger partial charge is 0.0505 e. The van der Waals surface area contributed by atoms with Gasteiger partial charge in [0, 0.05) is 12.6 Å². The van der Waals surface area contributed by atoms with Crippen molar-refractivity contribution >= 4 is 0 Å². The van der Waals surface area contributed by atoms with E-state index < -0.39 is 0 Å². The van der Waals surface area contributed by atoms with Gasteiger partial charge in [-0.3, -0.25) is 0 Å². The van der Waals surface area contributed by atoms with Gasteiger partial charge in [0.15, 0.2) is 0 Å². The van der Waals surface area contributed by atoms with Crippen LogP contribution in [0.5, 0.6) is 0 Å². The number of nitrogens with two attached hydrogens (primary N) is 1. The van der Waals surface area contributed by atoms with Crippen LogP contribution in [0.1, 0.15) is 20.8 Å². The van der Waals surface area contributed by atoms with E-state index >= 15 is 0 Å². The molecule has 0 spiro atoms. The molecule has 0 heterocycles. The molecule has 0 aromatic rings. The monoisotopic (exact) mass is 131 g/mol. The van der Waals surface area contributed by atoms with Gasteiger partial charge in [0.1, 0.15) is 0 Å². The first-order chi connectivity index (χ1) is 3.98. The second-order valence-electron chi connectivity index (χ2n) is 3.18. The normalized spacial score (nSPS) is 15.7. The SMILES string of the molecule is COCC(C)C(C)(C)N. The van der Waals surface area contributed by atoms with Crippen LogP contribution in [-0.2, 0) is 4.74 Å². The molecule has 0 radical (unpaired) electrons. The molecule has 0 aromatic carbocycles. The van der Waals surface area contributed by atoms with Crippen LogP contribution >= 0.6 is 0 Å². The maximum Gasteiger partial charge on any atom is 0.0505 e. The Labute approximate surface area is 57.4 Å². The summed E-state index contributed by atoms with van der Waals surface area (Å²) in [5.41, 5.74) is 5.67. The summed E-state index contributed by atoms with van der Waals surface area (Å²) in [6.45, 7) is 6.85. The molecule has 0 aliphatic rings. The van der Waals surface area contributed by atoms with Crippen molar-refractivity contribution in [2.24, 2.45) is 11.7 Å². The molecule has 0 saturated heterocycles. The first-order valence-corrected chi connectivity index (χ1v) is 3.26. The van der Waals surface area contributed by atoms with Gasteiger partial charge in [-0.15, -0.1) is 0 Å². The van der Waals surface area contributed by atoms with Crippen molar-refractivity contribution in [3.63, 3.8) is 0 Å². The van der Waals surface area contributed by atoms with Gasteiger partial charge in [-0.05, 0) is 19.8 Å². The van der Waals surface area contributed by atoms with Crippen molar-refractivity contribution in [3.05, 3.63) is 0 Å². The first kappa shape index (κ1) is 8.92. The van der Waals surface area contributed by atoms with Crippen molar-refractivity contribution in [1.82, 2.24) is 0 Å². The second kappa shape index (κ2) is 3.18. The Morgan fingerprint density at radius 3 is 2.11 bits per heavy atom. The first-order valence-electron chi connectivity index (χ1n) is 3.26. The minimum atomic E-state index is -0.115. The Hall–Kier alpha value is -0.0800. The number of hydrogen-bond acceptors (Lipinski definition) is 2. The van der Waals surface area contributed by atoms with Crippen LogP contribution < -0.4 is 5.73 Å². The lowest BCUT2D eigenvalue weighted by molar-refractivity contribution is 0.127. The zero-order valence-electron chi connectivity index (χ0n) is 6.77. The average molecular weight is 131 g/mol. The van der Waals surface area contributed by atoms with Crippen LogP contribution in [0.2, 0.25) is 0 Å². The van der Waals surface area contributed by atoms with Crippen molar-refractivity contribution in [1.29, 1.82) is 0 Å². The Bertz CT molecular complexity index is 75.5. The number of methoxy groups -OCH3 is 1. The molecule has 0 fully saturated rings. The van der Waals surface area contributed by atoms with E-state index in [1.807, 2.05) is 13.8 Å². The molecule has 56 valence electrons. The van der Waals surface area contributed by atoms with E-state index in [1.54, 1.807) is 7.11 Å². The predicted molar refractivity (Wildman–Crippen MR) is 39.3 cm³/mol. The quantitative estimate of drug-likeness (QED) is 0.620. The van der Waals surface area contributed by atoms with Crippen LogP contribution in [0.25, 0.3) is 0 Å². The summed E-state index contributed by atoms with van der Waals surface area (Å²) < 4.78 is 4.95. The number of ether oxygens (including phenoxy) is 1. The Morgan fingerprint density at radius 2 is 2.00 bits per heavy atom. The Morgan fingerprint density at radius 1 is 1.56 bits per heavy atom. The van der Waals surface area contributed by atoms with E-state index in [0.29, 0.717) is 5.92 Å². The van der Waals surface area contributed by atoms with E-state index in [9.17, 15) is 0 Å². The summed E-state index contributed by atoms with van der Waals surface area (Å²) in [5, 5.41) is 0. The largest absolute Gasteiger partial charge is 0.384 e. The average Bonchev–Trinajstić information content (AvgIpc) is 1.64. The third kappa shape index (κ3) is 3.49. The van der Waals surface area contributed by atoms with Gasteiger partial charge in [-0.1, -0.05) is 6.92 Å². The van der Waals surface area contributed by atoms with Gasteiger partial charge in [0.25, 0.3) is 0 Å². The van der Waals surface area contributed by atoms with Gasteiger partial charge in [0.05, 0.1) is 6.61 Å². The maximum absolute atomic E-state index is 5.79. The summed E-state index contributed by atoms with van der Waals surface area (Å²) in [5.74, 6) is 0.419. The van der Waals surface area contributed by atoms with Gasteiger partial charge >= 0.3 is 0 Å². The zero-order valence-corrected chi connectivity index (χ0v) is 6.77. The molecule has 2 heteroatoms. The molecule has 2 N–H and O–H groups in total. The van der Waals surface area contributed by atoms with Crippen LogP contribution in [0.15, 0.2) is 0 Å². The fourth-order valence-electron chi connectivity index (χ4n) is 0.465. The zero-order chi connectivity index (χ0) is 7.49. The molecule has 2 nitrogen and oxygen atoms in total. The summed E-state index contributed by atoms with van der Waals surface area (Å²) in [6, 6.07) is 0. The summed E-state index contributed by atoms with van der Waals surface area (Å²) in [4.78, 5) is 0. The van der Waals surface area contributed by atoms with Crippen molar-refractivity contribution in [2.45, 2.75) is 26.3 Å². The van der Waals surface area contributed by atoms with Crippen molar-refractivity contribution in [3.8, 4) is 0 Å². The van der Waals surface area contributed by atoms with E-state index in [2.05, 4.69) is 6.92 Å². The second-order valence-corrected chi connectivity index (χ2v) is 3.18. The van der Waals surface area contributed by atoms with Crippen LogP contribution in [0.3, 0.4) is 0 Å². The molecular formula is C7H17NO. The lowest BCUT2D eigenvalue weighted by Crippen LogP contribution is -2.41. The third-order valence-electron chi connectivity index (χ3n) is 1.69. The van der Waals surface area contributed by atoms with Gasteiger partial charge in [-0.2, -0.15) is 0 Å². The maximum atomic E-state index is 5.79. The molecule has 0 bridgehead atoms. The van der Waals surface area contributed by atoms with E-state index in [1.165, 1.54) is 0 Å². The standard InChI is InChI=1S/C7H17NO/c1-6(5-9-4)7(2,3)8/h6H,5,8H2,1-4H3. The fraction of sp³-hybridized carbons (Fsp3) is 1.00. The van der Waals surface area contributed by atoms with Gasteiger partial charge in [-0.25, -0.2) is 0 Å². The molecule has 0 aliphatic carbocycles. The summed E-state index contributed by atoms with van der Waals surface area (Å²) in [7, 11) is 1.70. The molecule has 0 aliphatic heterocycles. The predicted octanol–water partition coefficient (Wildman–Crippen LogP) is 1.01. The Balaban J connectivity index is 3.59. The topological polar surface area (TPSA) is 35.2 Å². The molecule has 0 amide bonds. The Kier molecular flexibility index (Phi) is 3.15. The number of rotatable bonds is 3. The summed E-state index contributed by atoms with van der Waals surface area (Å²) >= 11 is 0. The molecule has 9 heavy (non-hydrogen) atoms. The van der Waals surface area contributed by atoms with Gasteiger partial charge < -0.3 is 10.5 Å².